The molecule has 0 heterocycles. The average molecular weight is 236 g/mol. The minimum absolute atomic E-state index is 1.05. The third kappa shape index (κ3) is 1.17. The Balaban J connectivity index is 1.25. The molecule has 0 aromatic carbocycles. The van der Waals surface area contributed by atoms with Crippen LogP contribution < -0.4 is 0 Å². The van der Waals surface area contributed by atoms with Crippen LogP contribution in [-0.4, -0.2) is 0 Å². The molecule has 18 heavy (non-hydrogen) atoms. The summed E-state index contributed by atoms with van der Waals surface area (Å²) >= 11 is 0. The van der Waals surface area contributed by atoms with Gasteiger partial charge in [0, 0.05) is 0 Å². The molecule has 0 saturated heterocycles. The topological polar surface area (TPSA) is 0 Å². The first-order chi connectivity index (χ1) is 8.88. The highest BCUT2D eigenvalue weighted by Crippen LogP contribution is 2.57. The van der Waals surface area contributed by atoms with Crippen LogP contribution in [0.1, 0.15) is 44.9 Å². The van der Waals surface area contributed by atoms with Crippen LogP contribution in [0.2, 0.25) is 0 Å². The van der Waals surface area contributed by atoms with Gasteiger partial charge in [-0.3, -0.25) is 0 Å². The van der Waals surface area contributed by atoms with Crippen LogP contribution in [0.4, 0.5) is 0 Å². The molecule has 0 nitrogen and oxygen atoms in total. The fourth-order valence-corrected chi connectivity index (χ4v) is 4.59. The molecule has 92 valence electrons. The van der Waals surface area contributed by atoms with Gasteiger partial charge in [0.1, 0.15) is 0 Å². The summed E-state index contributed by atoms with van der Waals surface area (Å²) in [7, 11) is 0. The van der Waals surface area contributed by atoms with E-state index in [0.29, 0.717) is 0 Å². The summed E-state index contributed by atoms with van der Waals surface area (Å²) in [6.45, 7) is 0. The van der Waals surface area contributed by atoms with Crippen molar-refractivity contribution >= 4 is 0 Å². The normalized spacial score (nSPS) is 38.7. The highest BCUT2D eigenvalue weighted by molar-refractivity contribution is 5.61. The first kappa shape index (κ1) is 9.83. The van der Waals surface area contributed by atoms with Gasteiger partial charge >= 0.3 is 0 Å². The molecule has 0 heteroatoms. The number of allylic oxidation sites excluding steroid dienone is 8. The van der Waals surface area contributed by atoms with E-state index >= 15 is 0 Å². The van der Waals surface area contributed by atoms with E-state index < -0.39 is 0 Å². The zero-order valence-corrected chi connectivity index (χ0v) is 10.9. The zero-order valence-electron chi connectivity index (χ0n) is 10.9. The molecule has 3 fully saturated rings. The minimum atomic E-state index is 1.05. The van der Waals surface area contributed by atoms with Crippen molar-refractivity contribution in [1.82, 2.24) is 0 Å². The van der Waals surface area contributed by atoms with Gasteiger partial charge in [0.05, 0.1) is 0 Å². The van der Waals surface area contributed by atoms with Crippen molar-refractivity contribution in [2.24, 2.45) is 17.8 Å². The summed E-state index contributed by atoms with van der Waals surface area (Å²) < 4.78 is 0. The van der Waals surface area contributed by atoms with Gasteiger partial charge in [-0.2, -0.15) is 0 Å². The highest BCUT2D eigenvalue weighted by atomic mass is 14.5. The molecule has 5 rings (SSSR count). The zero-order chi connectivity index (χ0) is 11.7. The fourth-order valence-electron chi connectivity index (χ4n) is 4.59. The molecule has 3 saturated carbocycles. The molecule has 0 spiro atoms. The van der Waals surface area contributed by atoms with E-state index in [9.17, 15) is 0 Å². The van der Waals surface area contributed by atoms with Crippen LogP contribution in [-0.2, 0) is 0 Å². The highest BCUT2D eigenvalue weighted by Gasteiger charge is 2.46. The lowest BCUT2D eigenvalue weighted by Gasteiger charge is -2.54. The fraction of sp³-hybridized carbons (Fsp3) is 0.556. The summed E-state index contributed by atoms with van der Waals surface area (Å²) in [4.78, 5) is 0. The Morgan fingerprint density at radius 3 is 2.39 bits per heavy atom. The van der Waals surface area contributed by atoms with E-state index in [4.69, 9.17) is 0 Å². The Hall–Kier alpha value is -1.04. The quantitative estimate of drug-likeness (QED) is 0.663. The Morgan fingerprint density at radius 2 is 1.94 bits per heavy atom. The molecule has 3 unspecified atom stereocenters. The van der Waals surface area contributed by atoms with Crippen molar-refractivity contribution < 1.29 is 0 Å². The van der Waals surface area contributed by atoms with Crippen molar-refractivity contribution in [2.75, 3.05) is 0 Å². The van der Waals surface area contributed by atoms with E-state index in [0.717, 1.165) is 17.8 Å². The van der Waals surface area contributed by atoms with Crippen LogP contribution in [0, 0.1) is 17.8 Å². The first-order valence-electron chi connectivity index (χ1n) is 7.71. The maximum Gasteiger partial charge on any atom is -0.00201 e. The van der Waals surface area contributed by atoms with Crippen LogP contribution in [0.25, 0.3) is 0 Å². The van der Waals surface area contributed by atoms with Crippen LogP contribution >= 0.6 is 0 Å². The third-order valence-corrected chi connectivity index (χ3v) is 6.22. The molecule has 0 amide bonds. The largest absolute Gasteiger partial charge is 0.0585 e. The van der Waals surface area contributed by atoms with Gasteiger partial charge in [0.2, 0.25) is 0 Å². The van der Waals surface area contributed by atoms with Crippen molar-refractivity contribution in [3.05, 3.63) is 46.1 Å². The Labute approximate surface area is 109 Å². The molecule has 0 N–H and O–H groups in total. The van der Waals surface area contributed by atoms with Gasteiger partial charge in [-0.15, -0.1) is 0 Å². The maximum atomic E-state index is 2.45. The summed E-state index contributed by atoms with van der Waals surface area (Å²) in [5.74, 6) is 3.31. The van der Waals surface area contributed by atoms with Crippen LogP contribution in [0.3, 0.4) is 0 Å². The van der Waals surface area contributed by atoms with Crippen molar-refractivity contribution in [3.63, 3.8) is 0 Å². The molecular formula is C18H20. The van der Waals surface area contributed by atoms with Crippen molar-refractivity contribution in [3.8, 4) is 0 Å². The molecule has 0 bridgehead atoms. The monoisotopic (exact) mass is 236 g/mol. The predicted molar refractivity (Wildman–Crippen MR) is 74.1 cm³/mol. The second-order valence-electron chi connectivity index (χ2n) is 6.94. The van der Waals surface area contributed by atoms with Gasteiger partial charge in [0.25, 0.3) is 0 Å². The summed E-state index contributed by atoms with van der Waals surface area (Å²) in [5.41, 5.74) is 8.38. The number of hydrogen-bond donors (Lipinski definition) is 0. The molecule has 0 aromatic rings. The molecule has 5 aliphatic rings. The van der Waals surface area contributed by atoms with Crippen molar-refractivity contribution in [2.45, 2.75) is 44.9 Å². The lowest BCUT2D eigenvalue weighted by atomic mass is 9.52. The average Bonchev–Trinajstić information content (AvgIpc) is 2.30. The van der Waals surface area contributed by atoms with E-state index in [-0.39, 0.29) is 0 Å². The molecule has 3 atom stereocenters. The molecule has 5 aliphatic carbocycles. The molecular weight excluding hydrogens is 216 g/mol. The first-order valence-corrected chi connectivity index (χ1v) is 7.71. The summed E-state index contributed by atoms with van der Waals surface area (Å²) in [6, 6.07) is 0. The van der Waals surface area contributed by atoms with Gasteiger partial charge in [-0.25, -0.2) is 0 Å². The van der Waals surface area contributed by atoms with Gasteiger partial charge in [-0.05, 0) is 90.6 Å². The molecule has 0 aliphatic heterocycles. The molecule has 0 aromatic heterocycles. The second kappa shape index (κ2) is 3.29. The van der Waals surface area contributed by atoms with Crippen LogP contribution in [0.5, 0.6) is 0 Å². The second-order valence-corrected chi connectivity index (χ2v) is 6.94. The third-order valence-electron chi connectivity index (χ3n) is 6.22. The van der Waals surface area contributed by atoms with Crippen molar-refractivity contribution in [1.29, 1.82) is 0 Å². The van der Waals surface area contributed by atoms with Gasteiger partial charge in [0.15, 0.2) is 0 Å². The van der Waals surface area contributed by atoms with Gasteiger partial charge < -0.3 is 0 Å². The number of fused-ring (bicyclic) bond motifs is 2. The van der Waals surface area contributed by atoms with E-state index in [1.165, 1.54) is 44.9 Å². The standard InChI is InChI=1S/C18H20/c1-2-12(8-16-10-14-4-6-18(14)16)11(1)7-15-9-13-3-5-17(13)15/h1-2,9,14,16,18H,3-8,10H2. The predicted octanol–water partition coefficient (Wildman–Crippen LogP) is 4.71. The minimum Gasteiger partial charge on any atom is -0.0585 e. The number of rotatable bonds is 4. The SMILES string of the molecule is C1=CC(CC2CC3CCC32)=C1CC1=C2CCC2=C1. The Bertz CT molecular complexity index is 553. The smallest absolute Gasteiger partial charge is 0.00201 e. The summed E-state index contributed by atoms with van der Waals surface area (Å²) in [5, 5.41) is 0. The van der Waals surface area contributed by atoms with Crippen LogP contribution in [0.15, 0.2) is 46.1 Å². The van der Waals surface area contributed by atoms with E-state index in [1.807, 2.05) is 0 Å². The number of hydrogen-bond acceptors (Lipinski definition) is 0. The summed E-state index contributed by atoms with van der Waals surface area (Å²) in [6.07, 6.45) is 17.1. The Morgan fingerprint density at radius 1 is 1.00 bits per heavy atom. The lowest BCUT2D eigenvalue weighted by molar-refractivity contribution is -0.0242. The van der Waals surface area contributed by atoms with E-state index in [2.05, 4.69) is 18.2 Å². The Kier molecular flexibility index (Phi) is 1.80. The lowest BCUT2D eigenvalue weighted by Crippen LogP contribution is -2.44. The van der Waals surface area contributed by atoms with E-state index in [1.54, 1.807) is 27.9 Å². The molecule has 0 radical (unpaired) electrons. The van der Waals surface area contributed by atoms with Gasteiger partial charge in [-0.1, -0.05) is 18.2 Å². The maximum absolute atomic E-state index is 2.45.